The molecular weight excluding hydrogens is 1240 g/mol. The zero-order valence-corrected chi connectivity index (χ0v) is 53.1. The number of carbonyl (C=O) groups is 6. The minimum Gasteiger partial charge on any atom is -0.460 e. The molecule has 3 N–H and O–H groups in total. The van der Waals surface area contributed by atoms with Crippen molar-refractivity contribution in [1.82, 2.24) is 20.2 Å². The van der Waals surface area contributed by atoms with Gasteiger partial charge in [-0.05, 0) is 120 Å². The van der Waals surface area contributed by atoms with E-state index in [1.54, 1.807) is 85.2 Å². The Morgan fingerprint density at radius 3 is 1.51 bits per heavy atom. The monoisotopic (exact) mass is 1310 g/mol. The number of halogens is 4. The molecule has 480 valence electrons. The van der Waals surface area contributed by atoms with Gasteiger partial charge in [0.2, 0.25) is 5.91 Å². The summed E-state index contributed by atoms with van der Waals surface area (Å²) in [6.07, 6.45) is 2.29. The first-order valence-electron chi connectivity index (χ1n) is 26.9. The number of pyridine rings is 2. The molecule has 2 aromatic heterocycles. The number of anilines is 2. The Hall–Kier alpha value is -8.16. The van der Waals surface area contributed by atoms with Gasteiger partial charge < -0.3 is 33.9 Å². The van der Waals surface area contributed by atoms with Crippen molar-refractivity contribution >= 4 is 125 Å². The third kappa shape index (κ3) is 27.0. The maximum Gasteiger partial charge on any atom is 0.412 e. The molecule has 3 amide bonds. The minimum atomic E-state index is -0.796. The Kier molecular flexibility index (Phi) is 32.0. The quantitative estimate of drug-likeness (QED) is 0.0211. The van der Waals surface area contributed by atoms with Gasteiger partial charge in [0.1, 0.15) is 53.4 Å². The number of benzene rings is 5. The Labute approximate surface area is 539 Å². The van der Waals surface area contributed by atoms with E-state index < -0.39 is 57.9 Å². The van der Waals surface area contributed by atoms with Gasteiger partial charge in [-0.2, -0.15) is 27.0 Å². The van der Waals surface area contributed by atoms with E-state index in [1.807, 2.05) is 48.5 Å². The van der Waals surface area contributed by atoms with E-state index in [0.717, 1.165) is 21.5 Å². The lowest BCUT2D eigenvalue weighted by Gasteiger charge is -2.29. The van der Waals surface area contributed by atoms with Gasteiger partial charge in [0.05, 0.1) is 46.3 Å². The number of non-ortho nitro benzene ring substituents is 1. The molecule has 26 heteroatoms. The number of nitro groups is 1. The van der Waals surface area contributed by atoms with Gasteiger partial charge in [0.25, 0.3) is 5.69 Å². The fourth-order valence-corrected chi connectivity index (χ4v) is 8.25. The number of fused-ring (bicyclic) bond motifs is 2. The molecule has 0 aliphatic rings. The largest absolute Gasteiger partial charge is 0.460 e. The fourth-order valence-electron chi connectivity index (χ4n) is 7.80. The molecule has 0 saturated carbocycles. The number of nitrogens with one attached hydrogen (secondary N) is 3. The summed E-state index contributed by atoms with van der Waals surface area (Å²) in [5, 5.41) is 22.3. The minimum absolute atomic E-state index is 0. The number of aryl methyl sites for hydroxylation is 2. The zero-order chi connectivity index (χ0) is 63.1. The summed E-state index contributed by atoms with van der Waals surface area (Å²) in [5.74, 6) is -1.95. The van der Waals surface area contributed by atoms with Crippen molar-refractivity contribution in [3.05, 3.63) is 177 Å². The lowest BCUT2D eigenvalue weighted by Crippen LogP contribution is -2.43. The fraction of sp³-hybridized carbons (Fsp3) is 0.333. The first-order valence-corrected chi connectivity index (χ1v) is 27.7. The van der Waals surface area contributed by atoms with E-state index in [1.165, 1.54) is 60.5 Å². The number of esters is 3. The summed E-state index contributed by atoms with van der Waals surface area (Å²) >= 11 is 11.8. The van der Waals surface area contributed by atoms with Crippen LogP contribution >= 0.6 is 50.2 Å². The van der Waals surface area contributed by atoms with Crippen LogP contribution in [0.4, 0.5) is 35.7 Å². The summed E-state index contributed by atoms with van der Waals surface area (Å²) in [5.41, 5.74) is -0.350. The molecule has 7 aromatic rings. The summed E-state index contributed by atoms with van der Waals surface area (Å²) in [7, 11) is 3.21. The molecule has 0 aliphatic heterocycles. The number of hydrogen-bond donors (Lipinski definition) is 3. The molecule has 7 rings (SSSR count). The molecule has 89 heavy (non-hydrogen) atoms. The molecule has 0 fully saturated rings. The van der Waals surface area contributed by atoms with Gasteiger partial charge in [-0.1, -0.05) is 103 Å². The van der Waals surface area contributed by atoms with Crippen LogP contribution in [0.25, 0.3) is 21.5 Å². The number of carbonyl (C=O) groups excluding carboxylic acids is 6. The van der Waals surface area contributed by atoms with Crippen LogP contribution in [0.2, 0.25) is 10.0 Å². The van der Waals surface area contributed by atoms with Gasteiger partial charge in [0.15, 0.2) is 0 Å². The van der Waals surface area contributed by atoms with Crippen LogP contribution in [-0.4, -0.2) is 106 Å². The van der Waals surface area contributed by atoms with Crippen LogP contribution in [0.15, 0.2) is 134 Å². The highest BCUT2D eigenvalue weighted by atomic mass is 35.5. The highest BCUT2D eigenvalue weighted by molar-refractivity contribution is 7.59. The molecular formula is C63H75Cl2F2N7O13S2. The zero-order valence-electron chi connectivity index (χ0n) is 49.6. The number of ether oxygens (including phenoxy) is 5. The number of nitrogens with zero attached hydrogens (tertiary/aromatic N) is 4. The number of amides is 3. The van der Waals surface area contributed by atoms with E-state index >= 15 is 0 Å². The van der Waals surface area contributed by atoms with Crippen molar-refractivity contribution in [2.75, 3.05) is 37.9 Å². The molecule has 0 radical (unpaired) electrons. The summed E-state index contributed by atoms with van der Waals surface area (Å²) in [4.78, 5) is 93.2. The average Bonchev–Trinajstić information content (AvgIpc) is 3.67. The Morgan fingerprint density at radius 1 is 0.618 bits per heavy atom. The summed E-state index contributed by atoms with van der Waals surface area (Å²) in [6, 6.07) is 31.6. The molecule has 5 aromatic carbocycles. The topological polar surface area (TPSA) is 257 Å². The lowest BCUT2D eigenvalue weighted by atomic mass is 10.1. The SMILES string of the molecule is C.CN(C(=O)CCc1cccc(F)c1Cl)[C@H](COC(=O)Nc1cc2ccccc2cn1)CC(=O)OC(C)(C)C.CN[C@H](COC(=O)Nc1cc2ccccc2cn1)CC(=O)OC(C)(C)C.O=C(CCc1cccc(F)c1Cl)Oc1ccc([N+](=O)[O-])cc1.S.S. The van der Waals surface area contributed by atoms with Crippen molar-refractivity contribution in [2.24, 2.45) is 0 Å². The highest BCUT2D eigenvalue weighted by Crippen LogP contribution is 2.25. The molecule has 0 aliphatic carbocycles. The predicted molar refractivity (Wildman–Crippen MR) is 349 cm³/mol. The Balaban J connectivity index is 0.000000467. The van der Waals surface area contributed by atoms with E-state index in [0.29, 0.717) is 22.8 Å². The average molecular weight is 1310 g/mol. The predicted octanol–water partition coefficient (Wildman–Crippen LogP) is 13.7. The molecule has 0 spiro atoms. The van der Waals surface area contributed by atoms with Crippen LogP contribution in [0.1, 0.15) is 85.8 Å². The lowest BCUT2D eigenvalue weighted by molar-refractivity contribution is -0.384. The number of rotatable bonds is 20. The van der Waals surface area contributed by atoms with E-state index in [-0.39, 0.29) is 126 Å². The van der Waals surface area contributed by atoms with Crippen LogP contribution in [0, 0.1) is 21.7 Å². The Bertz CT molecular complexity index is 3510. The van der Waals surface area contributed by atoms with Gasteiger partial charge in [-0.3, -0.25) is 39.9 Å². The van der Waals surface area contributed by atoms with E-state index in [4.69, 9.17) is 46.9 Å². The maximum absolute atomic E-state index is 13.7. The normalized spacial score (nSPS) is 11.3. The van der Waals surface area contributed by atoms with Crippen molar-refractivity contribution in [1.29, 1.82) is 0 Å². The van der Waals surface area contributed by atoms with Crippen molar-refractivity contribution < 1.29 is 66.2 Å². The second-order valence-electron chi connectivity index (χ2n) is 21.2. The summed E-state index contributed by atoms with van der Waals surface area (Å²) < 4.78 is 53.2. The van der Waals surface area contributed by atoms with Crippen LogP contribution < -0.4 is 20.7 Å². The third-order valence-electron chi connectivity index (χ3n) is 12.1. The number of likely N-dealkylation sites (N-methyl/N-ethyl adjacent to an activating group) is 2. The molecule has 0 saturated heterocycles. The maximum atomic E-state index is 13.7. The van der Waals surface area contributed by atoms with Crippen LogP contribution in [0.5, 0.6) is 5.75 Å². The second kappa shape index (κ2) is 37.0. The van der Waals surface area contributed by atoms with Crippen LogP contribution in [0.3, 0.4) is 0 Å². The summed E-state index contributed by atoms with van der Waals surface area (Å²) in [6.45, 7) is 10.4. The molecule has 0 bridgehead atoms. The van der Waals surface area contributed by atoms with Crippen molar-refractivity contribution in [3.63, 3.8) is 0 Å². The van der Waals surface area contributed by atoms with Crippen LogP contribution in [-0.2, 0) is 51.0 Å². The molecule has 20 nitrogen and oxygen atoms in total. The second-order valence-corrected chi connectivity index (χ2v) is 21.9. The number of aromatic nitrogens is 2. The van der Waals surface area contributed by atoms with Gasteiger partial charge in [-0.15, -0.1) is 0 Å². The molecule has 2 heterocycles. The molecule has 2 atom stereocenters. The van der Waals surface area contributed by atoms with Crippen molar-refractivity contribution in [3.8, 4) is 5.75 Å². The Morgan fingerprint density at radius 2 is 1.06 bits per heavy atom. The smallest absolute Gasteiger partial charge is 0.412 e. The van der Waals surface area contributed by atoms with Crippen molar-refractivity contribution in [2.45, 2.75) is 111 Å². The van der Waals surface area contributed by atoms with Gasteiger partial charge >= 0.3 is 30.1 Å². The van der Waals surface area contributed by atoms with E-state index in [2.05, 4.69) is 25.9 Å². The first kappa shape index (κ1) is 76.9. The van der Waals surface area contributed by atoms with Gasteiger partial charge in [-0.25, -0.2) is 28.3 Å². The van der Waals surface area contributed by atoms with Gasteiger partial charge in [0, 0.05) is 48.8 Å². The molecule has 0 unspecified atom stereocenters. The third-order valence-corrected chi connectivity index (χ3v) is 12.9. The number of hydrogen-bond acceptors (Lipinski definition) is 16. The number of nitro benzene ring substituents is 1. The van der Waals surface area contributed by atoms with E-state index in [9.17, 15) is 47.7 Å². The first-order chi connectivity index (χ1) is 40.7. The highest BCUT2D eigenvalue weighted by Gasteiger charge is 2.28. The standard InChI is InChI=1S/C28H31ClFN3O5.C19H25N3O4.C15H11ClFNO4.CH4.2H2S/c1-28(2,3)38-25(35)15-21(33(4)24(34)13-12-18-10-7-11-22(30)26(18)29)17-37-27(36)32-23-14-19-8-5-6-9-20(19)16-31-23;1-19(2,3)26-17(23)10-15(20-4)12-25-18(24)22-16-9-13-7-5-6-8-14(13)11-21-16;16-15-10(2-1-3-13(15)17)4-9-14(19)22-12-7-5-11(6-8-12)18(20)21;;;/h5-11,14,16,21H,12-13,15,17H2,1-4H3,(H,31,32,36);5-9,11,15,20H,10,12H2,1-4H3,(H,21,22,24);1-3,5-8H,4,9H2;1H4;2*1H2/t21-;15-;;;;/m00..../s1.